The third kappa shape index (κ3) is 3.14. The Morgan fingerprint density at radius 2 is 1.82 bits per heavy atom. The number of aliphatic hydroxyl groups excluding tert-OH is 2. The summed E-state index contributed by atoms with van der Waals surface area (Å²) in [5.74, 6) is -1.34. The molecule has 0 saturated heterocycles. The highest BCUT2D eigenvalue weighted by atomic mass is 19.1. The summed E-state index contributed by atoms with van der Waals surface area (Å²) in [6.45, 7) is 2.69. The minimum atomic E-state index is -0.817. The van der Waals surface area contributed by atoms with Crippen molar-refractivity contribution in [2.75, 3.05) is 25.1 Å². The van der Waals surface area contributed by atoms with E-state index >= 15 is 0 Å². The number of rotatable bonds is 5. The van der Waals surface area contributed by atoms with Gasteiger partial charge < -0.3 is 15.5 Å². The van der Waals surface area contributed by atoms with Gasteiger partial charge in [-0.2, -0.15) is 0 Å². The Labute approximate surface area is 99.1 Å². The van der Waals surface area contributed by atoms with E-state index < -0.39 is 17.0 Å². The van der Waals surface area contributed by atoms with Crippen molar-refractivity contribution in [2.24, 2.45) is 5.41 Å². The molecule has 1 aromatic carbocycles. The van der Waals surface area contributed by atoms with Crippen LogP contribution < -0.4 is 5.32 Å². The number of aliphatic hydroxyl groups is 2. The normalized spacial score (nSPS) is 11.6. The molecule has 0 atom stereocenters. The summed E-state index contributed by atoms with van der Waals surface area (Å²) in [6.07, 6.45) is 0. The molecule has 96 valence electrons. The maximum Gasteiger partial charge on any atom is 0.152 e. The van der Waals surface area contributed by atoms with Gasteiger partial charge in [0.1, 0.15) is 11.5 Å². The van der Waals surface area contributed by atoms with Gasteiger partial charge in [0, 0.05) is 12.0 Å². The number of anilines is 1. The van der Waals surface area contributed by atoms with Crippen molar-refractivity contribution in [1.29, 1.82) is 0 Å². The van der Waals surface area contributed by atoms with Crippen LogP contribution in [0.1, 0.15) is 12.5 Å². The molecule has 0 saturated carbocycles. The van der Waals surface area contributed by atoms with Crippen molar-refractivity contribution in [1.82, 2.24) is 0 Å². The minimum Gasteiger partial charge on any atom is -0.396 e. The van der Waals surface area contributed by atoms with Crippen molar-refractivity contribution in [3.05, 3.63) is 29.3 Å². The van der Waals surface area contributed by atoms with Crippen LogP contribution in [0.25, 0.3) is 0 Å². The van der Waals surface area contributed by atoms with E-state index in [0.717, 1.165) is 0 Å². The first-order chi connectivity index (χ1) is 7.93. The van der Waals surface area contributed by atoms with E-state index in [4.69, 9.17) is 10.2 Å². The number of nitrogens with one attached hydrogen (secondary N) is 1. The summed E-state index contributed by atoms with van der Waals surface area (Å²) in [7, 11) is 0. The van der Waals surface area contributed by atoms with E-state index in [2.05, 4.69) is 5.32 Å². The summed E-state index contributed by atoms with van der Waals surface area (Å²) < 4.78 is 27.0. The average Bonchev–Trinajstić information content (AvgIpc) is 2.33. The summed E-state index contributed by atoms with van der Waals surface area (Å²) in [6, 6.07) is 2.53. The van der Waals surface area contributed by atoms with Crippen LogP contribution in [0.5, 0.6) is 0 Å². The molecule has 0 aliphatic carbocycles. The van der Waals surface area contributed by atoms with Gasteiger partial charge in [0.2, 0.25) is 0 Å². The maximum atomic E-state index is 13.6. The van der Waals surface area contributed by atoms with Crippen molar-refractivity contribution < 1.29 is 19.0 Å². The number of aryl methyl sites for hydroxylation is 1. The Bertz CT molecular complexity index is 392. The predicted octanol–water partition coefficient (Wildman–Crippen LogP) is 1.68. The zero-order chi connectivity index (χ0) is 13.1. The number of hydrogen-bond acceptors (Lipinski definition) is 3. The van der Waals surface area contributed by atoms with Crippen LogP contribution in [-0.2, 0) is 0 Å². The second-order valence-corrected chi connectivity index (χ2v) is 4.53. The molecule has 0 aliphatic heterocycles. The van der Waals surface area contributed by atoms with Crippen LogP contribution in [0, 0.1) is 24.0 Å². The second kappa shape index (κ2) is 5.42. The van der Waals surface area contributed by atoms with E-state index in [1.165, 1.54) is 19.1 Å². The molecule has 0 aromatic heterocycles. The zero-order valence-corrected chi connectivity index (χ0v) is 9.93. The molecule has 0 bridgehead atoms. The highest BCUT2D eigenvalue weighted by Crippen LogP contribution is 2.23. The van der Waals surface area contributed by atoms with Gasteiger partial charge in [-0.1, -0.05) is 13.0 Å². The van der Waals surface area contributed by atoms with Crippen LogP contribution in [0.2, 0.25) is 0 Å². The number of halogens is 2. The molecule has 0 fully saturated rings. The van der Waals surface area contributed by atoms with Gasteiger partial charge in [-0.05, 0) is 18.6 Å². The lowest BCUT2D eigenvalue weighted by Gasteiger charge is -2.25. The summed E-state index contributed by atoms with van der Waals surface area (Å²) in [5.41, 5.74) is -0.704. The Balaban J connectivity index is 2.86. The summed E-state index contributed by atoms with van der Waals surface area (Å²) >= 11 is 0. The highest BCUT2D eigenvalue weighted by molar-refractivity contribution is 5.49. The van der Waals surface area contributed by atoms with Crippen LogP contribution in [-0.4, -0.2) is 30.0 Å². The molecule has 0 spiro atoms. The molecule has 0 heterocycles. The first-order valence-corrected chi connectivity index (χ1v) is 5.34. The van der Waals surface area contributed by atoms with Gasteiger partial charge in [0.05, 0.1) is 13.2 Å². The van der Waals surface area contributed by atoms with Crippen molar-refractivity contribution >= 4 is 5.69 Å². The standard InChI is InChI=1S/C12H17F2NO2/c1-8-3-4-9(13)11(10(8)14)15-5-12(2,6-16)7-17/h3-4,15-17H,5-7H2,1-2H3. The van der Waals surface area contributed by atoms with Gasteiger partial charge in [-0.25, -0.2) is 8.78 Å². The van der Waals surface area contributed by atoms with Gasteiger partial charge in [0.25, 0.3) is 0 Å². The lowest BCUT2D eigenvalue weighted by atomic mass is 9.93. The molecule has 5 heteroatoms. The van der Waals surface area contributed by atoms with E-state index in [1.54, 1.807) is 6.92 Å². The molecule has 3 nitrogen and oxygen atoms in total. The maximum absolute atomic E-state index is 13.6. The van der Waals surface area contributed by atoms with E-state index in [1.807, 2.05) is 0 Å². The lowest BCUT2D eigenvalue weighted by Crippen LogP contribution is -2.34. The Hall–Kier alpha value is -1.20. The molecular weight excluding hydrogens is 228 g/mol. The van der Waals surface area contributed by atoms with Crippen molar-refractivity contribution in [2.45, 2.75) is 13.8 Å². The molecular formula is C12H17F2NO2. The van der Waals surface area contributed by atoms with Crippen LogP contribution >= 0.6 is 0 Å². The van der Waals surface area contributed by atoms with E-state index in [-0.39, 0.29) is 25.4 Å². The fourth-order valence-electron chi connectivity index (χ4n) is 1.28. The molecule has 0 unspecified atom stereocenters. The van der Waals surface area contributed by atoms with E-state index in [9.17, 15) is 8.78 Å². The Morgan fingerprint density at radius 1 is 1.24 bits per heavy atom. The Kier molecular flexibility index (Phi) is 4.42. The lowest BCUT2D eigenvalue weighted by molar-refractivity contribution is 0.0805. The molecule has 0 radical (unpaired) electrons. The number of benzene rings is 1. The van der Waals surface area contributed by atoms with Crippen LogP contribution in [0.15, 0.2) is 12.1 Å². The Morgan fingerprint density at radius 3 is 2.35 bits per heavy atom. The molecule has 1 rings (SSSR count). The summed E-state index contributed by atoms with van der Waals surface area (Å²) in [4.78, 5) is 0. The second-order valence-electron chi connectivity index (χ2n) is 4.53. The largest absolute Gasteiger partial charge is 0.396 e. The first kappa shape index (κ1) is 13.9. The zero-order valence-electron chi connectivity index (χ0n) is 9.93. The van der Waals surface area contributed by atoms with Crippen LogP contribution in [0.3, 0.4) is 0 Å². The predicted molar refractivity (Wildman–Crippen MR) is 61.9 cm³/mol. The monoisotopic (exact) mass is 245 g/mol. The molecule has 1 aromatic rings. The molecule has 3 N–H and O–H groups in total. The molecule has 0 aliphatic rings. The minimum absolute atomic E-state index is 0.0806. The quantitative estimate of drug-likeness (QED) is 0.739. The topological polar surface area (TPSA) is 52.5 Å². The van der Waals surface area contributed by atoms with Gasteiger partial charge in [-0.15, -0.1) is 0 Å². The first-order valence-electron chi connectivity index (χ1n) is 5.34. The third-order valence-corrected chi connectivity index (χ3v) is 2.74. The molecule has 0 amide bonds. The molecule has 17 heavy (non-hydrogen) atoms. The van der Waals surface area contributed by atoms with Crippen LogP contribution in [0.4, 0.5) is 14.5 Å². The summed E-state index contributed by atoms with van der Waals surface area (Å²) in [5, 5.41) is 20.7. The fraction of sp³-hybridized carbons (Fsp3) is 0.500. The van der Waals surface area contributed by atoms with Gasteiger partial charge in [-0.3, -0.25) is 0 Å². The smallest absolute Gasteiger partial charge is 0.152 e. The highest BCUT2D eigenvalue weighted by Gasteiger charge is 2.23. The number of hydrogen-bond donors (Lipinski definition) is 3. The van der Waals surface area contributed by atoms with Gasteiger partial charge >= 0.3 is 0 Å². The van der Waals surface area contributed by atoms with Crippen molar-refractivity contribution in [3.8, 4) is 0 Å². The van der Waals surface area contributed by atoms with E-state index in [0.29, 0.717) is 5.56 Å². The third-order valence-electron chi connectivity index (χ3n) is 2.74. The SMILES string of the molecule is Cc1ccc(F)c(NCC(C)(CO)CO)c1F. The average molecular weight is 245 g/mol. The van der Waals surface area contributed by atoms with Gasteiger partial charge in [0.15, 0.2) is 5.82 Å². The van der Waals surface area contributed by atoms with Crippen molar-refractivity contribution in [3.63, 3.8) is 0 Å². The fourth-order valence-corrected chi connectivity index (χ4v) is 1.28.